The van der Waals surface area contributed by atoms with Crippen molar-refractivity contribution < 1.29 is 13.2 Å². The Morgan fingerprint density at radius 3 is 2.67 bits per heavy atom. The number of amides is 1. The Bertz CT molecular complexity index is 638. The van der Waals surface area contributed by atoms with Gasteiger partial charge in [-0.2, -0.15) is 11.8 Å². The maximum Gasteiger partial charge on any atom is 0.229 e. The van der Waals surface area contributed by atoms with Crippen LogP contribution in [0.15, 0.2) is 29.2 Å². The van der Waals surface area contributed by atoms with E-state index in [9.17, 15) is 13.2 Å². The molecule has 21 heavy (non-hydrogen) atoms. The second kappa shape index (κ2) is 6.01. The molecule has 1 aliphatic heterocycles. The van der Waals surface area contributed by atoms with E-state index in [1.54, 1.807) is 34.9 Å². The summed E-state index contributed by atoms with van der Waals surface area (Å²) in [7, 11) is -3.30. The first kappa shape index (κ1) is 16.4. The van der Waals surface area contributed by atoms with Crippen molar-refractivity contribution in [2.24, 2.45) is 5.41 Å². The third kappa shape index (κ3) is 3.43. The van der Waals surface area contributed by atoms with Crippen molar-refractivity contribution in [3.05, 3.63) is 29.8 Å². The van der Waals surface area contributed by atoms with Gasteiger partial charge in [0.1, 0.15) is 0 Å². The fraction of sp³-hybridized carbons (Fsp3) is 0.533. The number of carbonyl (C=O) groups is 1. The summed E-state index contributed by atoms with van der Waals surface area (Å²) in [6.45, 7) is 4.45. The molecule has 6 heteroatoms. The van der Waals surface area contributed by atoms with Gasteiger partial charge in [0.2, 0.25) is 5.91 Å². The number of hydrogen-bond acceptors (Lipinski definition) is 4. The average molecular weight is 327 g/mol. The van der Waals surface area contributed by atoms with E-state index in [-0.39, 0.29) is 18.2 Å². The van der Waals surface area contributed by atoms with Crippen LogP contribution in [0.5, 0.6) is 0 Å². The van der Waals surface area contributed by atoms with Crippen LogP contribution in [-0.2, 0) is 21.2 Å². The van der Waals surface area contributed by atoms with Gasteiger partial charge in [-0.3, -0.25) is 4.79 Å². The molecule has 0 atom stereocenters. The van der Waals surface area contributed by atoms with Crippen LogP contribution in [0.1, 0.15) is 19.4 Å². The Kier molecular flexibility index (Phi) is 4.68. The minimum atomic E-state index is -3.30. The molecule has 116 valence electrons. The van der Waals surface area contributed by atoms with E-state index in [1.165, 1.54) is 0 Å². The standard InChI is InChI=1S/C15H21NO3S2/c1-15(2,11-20-3)14(17)16-8-9-21(18,19)13-7-5-4-6-12(13)10-16/h4-7H,8-11H2,1-3H3. The molecular formula is C15H21NO3S2. The molecule has 4 nitrogen and oxygen atoms in total. The van der Waals surface area contributed by atoms with E-state index < -0.39 is 15.3 Å². The fourth-order valence-electron chi connectivity index (χ4n) is 2.59. The summed E-state index contributed by atoms with van der Waals surface area (Å²) < 4.78 is 24.6. The van der Waals surface area contributed by atoms with Crippen LogP contribution < -0.4 is 0 Å². The topological polar surface area (TPSA) is 54.5 Å². The van der Waals surface area contributed by atoms with E-state index in [0.29, 0.717) is 17.0 Å². The van der Waals surface area contributed by atoms with E-state index in [0.717, 1.165) is 5.75 Å². The minimum Gasteiger partial charge on any atom is -0.337 e. The summed E-state index contributed by atoms with van der Waals surface area (Å²) in [4.78, 5) is 14.7. The minimum absolute atomic E-state index is 0.00883. The van der Waals surface area contributed by atoms with Crippen LogP contribution in [0, 0.1) is 5.41 Å². The number of nitrogens with zero attached hydrogens (tertiary/aromatic N) is 1. The molecule has 0 saturated carbocycles. The van der Waals surface area contributed by atoms with Crippen LogP contribution in [0.25, 0.3) is 0 Å². The van der Waals surface area contributed by atoms with Crippen molar-refractivity contribution in [2.45, 2.75) is 25.3 Å². The Balaban J connectivity index is 2.33. The van der Waals surface area contributed by atoms with E-state index in [2.05, 4.69) is 0 Å². The van der Waals surface area contributed by atoms with Gasteiger partial charge in [0.25, 0.3) is 0 Å². The van der Waals surface area contributed by atoms with Crippen LogP contribution in [0.2, 0.25) is 0 Å². The predicted molar refractivity (Wildman–Crippen MR) is 86.1 cm³/mol. The number of thioether (sulfide) groups is 1. The molecular weight excluding hydrogens is 306 g/mol. The normalized spacial score (nSPS) is 18.0. The molecule has 2 rings (SSSR count). The molecule has 1 amide bonds. The molecule has 0 N–H and O–H groups in total. The van der Waals surface area contributed by atoms with E-state index in [1.807, 2.05) is 26.2 Å². The first-order valence-electron chi connectivity index (χ1n) is 6.87. The summed E-state index contributed by atoms with van der Waals surface area (Å²) in [5.74, 6) is 0.728. The number of sulfone groups is 1. The summed E-state index contributed by atoms with van der Waals surface area (Å²) in [5, 5.41) is 0. The average Bonchev–Trinajstić information content (AvgIpc) is 2.55. The second-order valence-electron chi connectivity index (χ2n) is 5.97. The first-order chi connectivity index (χ1) is 9.78. The highest BCUT2D eigenvalue weighted by molar-refractivity contribution is 7.98. The fourth-order valence-corrected chi connectivity index (χ4v) is 4.93. The van der Waals surface area contributed by atoms with Gasteiger partial charge in [-0.15, -0.1) is 0 Å². The van der Waals surface area contributed by atoms with Crippen molar-refractivity contribution in [2.75, 3.05) is 24.3 Å². The zero-order valence-electron chi connectivity index (χ0n) is 12.6. The van der Waals surface area contributed by atoms with Gasteiger partial charge in [0.15, 0.2) is 9.84 Å². The Hall–Kier alpha value is -1.01. The van der Waals surface area contributed by atoms with Gasteiger partial charge in [0, 0.05) is 18.8 Å². The largest absolute Gasteiger partial charge is 0.337 e. The van der Waals surface area contributed by atoms with Gasteiger partial charge in [-0.05, 0) is 17.9 Å². The van der Waals surface area contributed by atoms with Crippen LogP contribution in [-0.4, -0.2) is 43.5 Å². The SMILES string of the molecule is CSCC(C)(C)C(=O)N1CCS(=O)(=O)c2ccccc2C1. The van der Waals surface area contributed by atoms with Crippen molar-refractivity contribution >= 4 is 27.5 Å². The summed E-state index contributed by atoms with van der Waals surface area (Å²) in [6, 6.07) is 6.96. The molecule has 1 heterocycles. The third-order valence-corrected chi connectivity index (χ3v) is 6.47. The van der Waals surface area contributed by atoms with E-state index >= 15 is 0 Å². The molecule has 1 aromatic rings. The Morgan fingerprint density at radius 1 is 1.33 bits per heavy atom. The van der Waals surface area contributed by atoms with E-state index in [4.69, 9.17) is 0 Å². The smallest absolute Gasteiger partial charge is 0.229 e. The van der Waals surface area contributed by atoms with Crippen molar-refractivity contribution in [1.82, 2.24) is 4.90 Å². The highest BCUT2D eigenvalue weighted by Crippen LogP contribution is 2.28. The number of hydrogen-bond donors (Lipinski definition) is 0. The highest BCUT2D eigenvalue weighted by Gasteiger charge is 2.34. The Morgan fingerprint density at radius 2 is 2.00 bits per heavy atom. The highest BCUT2D eigenvalue weighted by atomic mass is 32.2. The number of fused-ring (bicyclic) bond motifs is 1. The lowest BCUT2D eigenvalue weighted by Gasteiger charge is -2.30. The zero-order chi connectivity index (χ0) is 15.7. The molecule has 0 saturated heterocycles. The van der Waals surface area contributed by atoms with Gasteiger partial charge in [-0.25, -0.2) is 8.42 Å². The molecule has 0 aliphatic carbocycles. The molecule has 0 fully saturated rings. The van der Waals surface area contributed by atoms with Gasteiger partial charge in [0.05, 0.1) is 16.1 Å². The van der Waals surface area contributed by atoms with Crippen molar-refractivity contribution in [1.29, 1.82) is 0 Å². The maximum absolute atomic E-state index is 12.7. The lowest BCUT2D eigenvalue weighted by molar-refractivity contribution is -0.139. The zero-order valence-corrected chi connectivity index (χ0v) is 14.3. The molecule has 1 aliphatic rings. The summed E-state index contributed by atoms with van der Waals surface area (Å²) >= 11 is 1.63. The molecule has 1 aromatic carbocycles. The lowest BCUT2D eigenvalue weighted by atomic mass is 9.94. The lowest BCUT2D eigenvalue weighted by Crippen LogP contribution is -2.42. The van der Waals surface area contributed by atoms with Gasteiger partial charge < -0.3 is 4.90 Å². The first-order valence-corrected chi connectivity index (χ1v) is 9.91. The van der Waals surface area contributed by atoms with Crippen LogP contribution >= 0.6 is 11.8 Å². The number of rotatable bonds is 3. The molecule has 0 unspecified atom stereocenters. The van der Waals surface area contributed by atoms with Crippen LogP contribution in [0.4, 0.5) is 0 Å². The second-order valence-corrected chi connectivity index (χ2v) is 8.91. The molecule has 0 radical (unpaired) electrons. The van der Waals surface area contributed by atoms with Crippen molar-refractivity contribution in [3.8, 4) is 0 Å². The molecule has 0 bridgehead atoms. The predicted octanol–water partition coefficient (Wildman–Crippen LogP) is 2.19. The number of carbonyl (C=O) groups excluding carboxylic acids is 1. The monoisotopic (exact) mass is 327 g/mol. The van der Waals surface area contributed by atoms with Gasteiger partial charge in [-0.1, -0.05) is 32.0 Å². The third-order valence-electron chi connectivity index (χ3n) is 3.67. The van der Waals surface area contributed by atoms with Crippen LogP contribution in [0.3, 0.4) is 0 Å². The molecule has 0 aromatic heterocycles. The maximum atomic E-state index is 12.7. The summed E-state index contributed by atoms with van der Waals surface area (Å²) in [6.07, 6.45) is 1.97. The quantitative estimate of drug-likeness (QED) is 0.854. The van der Waals surface area contributed by atoms with Gasteiger partial charge >= 0.3 is 0 Å². The van der Waals surface area contributed by atoms with Crippen molar-refractivity contribution in [3.63, 3.8) is 0 Å². The summed E-state index contributed by atoms with van der Waals surface area (Å²) in [5.41, 5.74) is 0.228. The Labute approximate surface area is 130 Å². The number of benzene rings is 1. The molecule has 0 spiro atoms.